The summed E-state index contributed by atoms with van der Waals surface area (Å²) in [6.45, 7) is 1.62. The Bertz CT molecular complexity index is 1250. The van der Waals surface area contributed by atoms with Crippen LogP contribution in [0.15, 0.2) is 42.6 Å². The van der Waals surface area contributed by atoms with E-state index in [1.807, 2.05) is 0 Å². The lowest BCUT2D eigenvalue weighted by atomic mass is 9.99. The van der Waals surface area contributed by atoms with Gasteiger partial charge in [-0.25, -0.2) is 9.18 Å². The lowest BCUT2D eigenvalue weighted by Gasteiger charge is -2.21. The van der Waals surface area contributed by atoms with Crippen LogP contribution in [-0.4, -0.2) is 34.3 Å². The topological polar surface area (TPSA) is 92.6 Å². The molecular formula is C22H18FN3O4. The number of benzene rings is 2. The molecule has 0 saturated carbocycles. The number of amides is 3. The molecule has 2 heterocycles. The highest BCUT2D eigenvalue weighted by Crippen LogP contribution is 2.32. The summed E-state index contributed by atoms with van der Waals surface area (Å²) in [5.41, 5.74) is -0.507. The van der Waals surface area contributed by atoms with Gasteiger partial charge < -0.3 is 19.7 Å². The van der Waals surface area contributed by atoms with Gasteiger partial charge in [0.2, 0.25) is 5.54 Å². The summed E-state index contributed by atoms with van der Waals surface area (Å²) >= 11 is 0. The SMILES string of the molecule is COc1ccc2cn(C[C@@]3(C#Cc4cc(F)ccc4C)NC(=O)NC3=O)c(O)c2c1. The van der Waals surface area contributed by atoms with Gasteiger partial charge in [0.25, 0.3) is 5.91 Å². The van der Waals surface area contributed by atoms with E-state index in [-0.39, 0.29) is 12.4 Å². The average molecular weight is 407 g/mol. The van der Waals surface area contributed by atoms with E-state index in [4.69, 9.17) is 4.74 Å². The molecule has 4 rings (SSSR count). The van der Waals surface area contributed by atoms with E-state index in [0.29, 0.717) is 16.7 Å². The van der Waals surface area contributed by atoms with Gasteiger partial charge in [0.05, 0.1) is 13.7 Å². The number of ether oxygens (including phenoxy) is 1. The first-order valence-electron chi connectivity index (χ1n) is 9.10. The first kappa shape index (κ1) is 19.3. The van der Waals surface area contributed by atoms with Gasteiger partial charge in [-0.15, -0.1) is 0 Å². The number of aryl methyl sites for hydroxylation is 1. The minimum atomic E-state index is -1.63. The molecule has 7 nitrogen and oxygen atoms in total. The maximum Gasteiger partial charge on any atom is 0.323 e. The van der Waals surface area contributed by atoms with E-state index in [9.17, 15) is 19.1 Å². The molecule has 3 amide bonds. The zero-order chi connectivity index (χ0) is 21.5. The molecule has 0 aliphatic carbocycles. The van der Waals surface area contributed by atoms with Gasteiger partial charge in [0, 0.05) is 22.5 Å². The van der Waals surface area contributed by atoms with Gasteiger partial charge in [-0.2, -0.15) is 0 Å². The zero-order valence-corrected chi connectivity index (χ0v) is 16.2. The fourth-order valence-corrected chi connectivity index (χ4v) is 3.36. The third-order valence-corrected chi connectivity index (χ3v) is 5.03. The van der Waals surface area contributed by atoms with Crippen LogP contribution < -0.4 is 15.4 Å². The standard InChI is InChI=1S/C22H18FN3O4/c1-13-3-5-16(23)9-14(13)7-8-22(20(28)24-21(29)25-22)12-26-11-15-4-6-17(30-2)10-18(15)19(26)27/h3-6,9-11,27H,12H2,1-2H3,(H2,24,25,28,29)/t22-/m1/s1. The van der Waals surface area contributed by atoms with Crippen molar-refractivity contribution in [3.63, 3.8) is 0 Å². The highest BCUT2D eigenvalue weighted by Gasteiger charge is 2.46. The van der Waals surface area contributed by atoms with Gasteiger partial charge >= 0.3 is 6.03 Å². The Hall–Kier alpha value is -3.99. The van der Waals surface area contributed by atoms with Gasteiger partial charge in [-0.3, -0.25) is 10.1 Å². The molecule has 0 spiro atoms. The van der Waals surface area contributed by atoms with Gasteiger partial charge in [0.1, 0.15) is 11.6 Å². The van der Waals surface area contributed by atoms with Crippen LogP contribution in [0.2, 0.25) is 0 Å². The van der Waals surface area contributed by atoms with Crippen LogP contribution in [0, 0.1) is 24.6 Å². The Kier molecular flexibility index (Phi) is 4.59. The number of carbonyl (C=O) groups excluding carboxylic acids is 2. The van der Waals surface area contributed by atoms with Crippen LogP contribution in [0.5, 0.6) is 11.6 Å². The highest BCUT2D eigenvalue weighted by atomic mass is 19.1. The molecule has 8 heteroatoms. The molecule has 1 aliphatic rings. The third kappa shape index (κ3) is 3.31. The summed E-state index contributed by atoms with van der Waals surface area (Å²) in [5.74, 6) is 4.95. The molecular weight excluding hydrogens is 389 g/mol. The zero-order valence-electron chi connectivity index (χ0n) is 16.2. The number of imide groups is 1. The summed E-state index contributed by atoms with van der Waals surface area (Å²) in [6, 6.07) is 8.66. The Morgan fingerprint density at radius 2 is 2.03 bits per heavy atom. The molecule has 1 atom stereocenters. The predicted octanol–water partition coefficient (Wildman–Crippen LogP) is 2.43. The second kappa shape index (κ2) is 7.12. The normalized spacial score (nSPS) is 18.0. The van der Waals surface area contributed by atoms with E-state index < -0.39 is 23.3 Å². The maximum absolute atomic E-state index is 13.6. The van der Waals surface area contributed by atoms with E-state index >= 15 is 0 Å². The van der Waals surface area contributed by atoms with E-state index in [0.717, 1.165) is 10.9 Å². The Morgan fingerprint density at radius 3 is 2.73 bits per heavy atom. The Labute approximate surface area is 171 Å². The number of rotatable bonds is 3. The number of fused-ring (bicyclic) bond motifs is 1. The summed E-state index contributed by atoms with van der Waals surface area (Å²) < 4.78 is 20.2. The number of hydrogen-bond donors (Lipinski definition) is 3. The summed E-state index contributed by atoms with van der Waals surface area (Å²) in [6.07, 6.45) is 1.65. The van der Waals surface area contributed by atoms with Crippen molar-refractivity contribution in [1.82, 2.24) is 15.2 Å². The number of aromatic nitrogens is 1. The number of nitrogens with zero attached hydrogens (tertiary/aromatic N) is 1. The molecule has 2 aromatic carbocycles. The van der Waals surface area contributed by atoms with Gasteiger partial charge in [-0.05, 0) is 42.8 Å². The summed E-state index contributed by atoms with van der Waals surface area (Å²) in [7, 11) is 1.52. The Morgan fingerprint density at radius 1 is 1.23 bits per heavy atom. The summed E-state index contributed by atoms with van der Waals surface area (Å²) in [4.78, 5) is 24.5. The number of nitrogens with one attached hydrogen (secondary N) is 2. The first-order chi connectivity index (χ1) is 14.3. The number of carbonyl (C=O) groups is 2. The largest absolute Gasteiger partial charge is 0.497 e. The van der Waals surface area contributed by atoms with Crippen LogP contribution in [0.1, 0.15) is 11.1 Å². The lowest BCUT2D eigenvalue weighted by Crippen LogP contribution is -2.49. The number of halogens is 1. The number of methoxy groups -OCH3 is 1. The molecule has 1 aromatic heterocycles. The minimum Gasteiger partial charge on any atom is -0.497 e. The number of hydrogen-bond acceptors (Lipinski definition) is 4. The predicted molar refractivity (Wildman–Crippen MR) is 108 cm³/mol. The highest BCUT2D eigenvalue weighted by molar-refractivity contribution is 6.09. The van der Waals surface area contributed by atoms with E-state index in [1.54, 1.807) is 37.4 Å². The molecule has 0 radical (unpaired) electrons. The minimum absolute atomic E-state index is 0.0963. The molecule has 1 fully saturated rings. The van der Waals surface area contributed by atoms with Gasteiger partial charge in [-0.1, -0.05) is 17.9 Å². The lowest BCUT2D eigenvalue weighted by molar-refractivity contribution is -0.122. The molecule has 3 N–H and O–H groups in total. The van der Waals surface area contributed by atoms with E-state index in [1.165, 1.54) is 23.8 Å². The Balaban J connectivity index is 1.78. The third-order valence-electron chi connectivity index (χ3n) is 5.03. The van der Waals surface area contributed by atoms with Crippen LogP contribution in [0.4, 0.5) is 9.18 Å². The molecule has 30 heavy (non-hydrogen) atoms. The second-order valence-corrected chi connectivity index (χ2v) is 7.06. The van der Waals surface area contributed by atoms with Crippen molar-refractivity contribution in [1.29, 1.82) is 0 Å². The quantitative estimate of drug-likeness (QED) is 0.459. The summed E-state index contributed by atoms with van der Waals surface area (Å²) in [5, 5.41) is 16.6. The maximum atomic E-state index is 13.6. The van der Waals surface area contributed by atoms with Crippen LogP contribution >= 0.6 is 0 Å². The number of urea groups is 1. The first-order valence-corrected chi connectivity index (χ1v) is 9.10. The van der Waals surface area contributed by atoms with E-state index in [2.05, 4.69) is 22.5 Å². The van der Waals surface area contributed by atoms with Crippen LogP contribution in [0.25, 0.3) is 10.8 Å². The molecule has 0 bridgehead atoms. The fraction of sp³-hybridized carbons (Fsp3) is 0.182. The van der Waals surface area contributed by atoms with Crippen molar-refractivity contribution < 1.29 is 23.8 Å². The van der Waals surface area contributed by atoms with Crippen molar-refractivity contribution in [2.24, 2.45) is 0 Å². The second-order valence-electron chi connectivity index (χ2n) is 7.06. The molecule has 152 valence electrons. The monoisotopic (exact) mass is 407 g/mol. The molecule has 3 aromatic rings. The molecule has 1 aliphatic heterocycles. The smallest absolute Gasteiger partial charge is 0.323 e. The van der Waals surface area contributed by atoms with Crippen LogP contribution in [0.3, 0.4) is 0 Å². The fourth-order valence-electron chi connectivity index (χ4n) is 3.36. The van der Waals surface area contributed by atoms with Crippen molar-refractivity contribution in [3.05, 3.63) is 59.5 Å². The molecule has 0 unspecified atom stereocenters. The number of aromatic hydroxyl groups is 1. The van der Waals surface area contributed by atoms with Crippen molar-refractivity contribution in [2.75, 3.05) is 7.11 Å². The van der Waals surface area contributed by atoms with Crippen molar-refractivity contribution in [2.45, 2.75) is 19.0 Å². The van der Waals surface area contributed by atoms with Crippen molar-refractivity contribution >= 4 is 22.7 Å². The van der Waals surface area contributed by atoms with Gasteiger partial charge in [0.15, 0.2) is 5.88 Å². The van der Waals surface area contributed by atoms with Crippen molar-refractivity contribution in [3.8, 4) is 23.5 Å². The van der Waals surface area contributed by atoms with Crippen LogP contribution in [-0.2, 0) is 11.3 Å². The molecule has 1 saturated heterocycles. The average Bonchev–Trinajstić information content (AvgIpc) is 3.18.